The predicted molar refractivity (Wildman–Crippen MR) is 71.3 cm³/mol. The molecule has 0 spiro atoms. The summed E-state index contributed by atoms with van der Waals surface area (Å²) in [7, 11) is 0. The molecule has 0 heterocycles. The van der Waals surface area contributed by atoms with Crippen molar-refractivity contribution in [2.45, 2.75) is 18.9 Å². The zero-order valence-electron chi connectivity index (χ0n) is 11.0. The zero-order valence-corrected chi connectivity index (χ0v) is 11.0. The third kappa shape index (κ3) is 4.74. The molecule has 3 N–H and O–H groups in total. The van der Waals surface area contributed by atoms with Gasteiger partial charge in [0, 0.05) is 26.2 Å². The molecule has 1 atom stereocenters. The summed E-state index contributed by atoms with van der Waals surface area (Å²) in [6, 6.07) is 9.47. The first-order valence-corrected chi connectivity index (χ1v) is 6.36. The van der Waals surface area contributed by atoms with Crippen molar-refractivity contribution in [3.8, 4) is 0 Å². The summed E-state index contributed by atoms with van der Waals surface area (Å²) in [5.41, 5.74) is 5.50. The van der Waals surface area contributed by atoms with Crippen LogP contribution in [0.3, 0.4) is 0 Å². The van der Waals surface area contributed by atoms with Crippen LogP contribution in [0, 0.1) is 0 Å². The Morgan fingerprint density at radius 3 is 2.39 bits per heavy atom. The van der Waals surface area contributed by atoms with Crippen molar-refractivity contribution >= 4 is 0 Å². The van der Waals surface area contributed by atoms with E-state index in [-0.39, 0.29) is 6.54 Å². The topological polar surface area (TPSA) is 64.7 Å². The van der Waals surface area contributed by atoms with Crippen LogP contribution >= 0.6 is 0 Å². The second kappa shape index (κ2) is 8.21. The molecule has 0 aliphatic carbocycles. The normalized spacial score (nSPS) is 14.4. The molecule has 1 unspecified atom stereocenters. The standard InChI is InChI=1S/C14H23NO3/c1-2-17-10-11-18-9-8-14(16,12-15)13-6-4-3-5-7-13/h3-7,16H,2,8-12,15H2,1H3. The van der Waals surface area contributed by atoms with Crippen molar-refractivity contribution in [3.05, 3.63) is 35.9 Å². The van der Waals surface area contributed by atoms with E-state index in [1.54, 1.807) is 0 Å². The van der Waals surface area contributed by atoms with Gasteiger partial charge in [-0.25, -0.2) is 0 Å². The lowest BCUT2D eigenvalue weighted by Gasteiger charge is -2.27. The van der Waals surface area contributed by atoms with E-state index in [2.05, 4.69) is 0 Å². The van der Waals surface area contributed by atoms with Gasteiger partial charge in [0.05, 0.1) is 13.2 Å². The molecule has 102 valence electrons. The van der Waals surface area contributed by atoms with Crippen molar-refractivity contribution in [1.29, 1.82) is 0 Å². The van der Waals surface area contributed by atoms with E-state index in [1.807, 2.05) is 37.3 Å². The Balaban J connectivity index is 2.37. The monoisotopic (exact) mass is 253 g/mol. The van der Waals surface area contributed by atoms with Crippen LogP contribution in [0.1, 0.15) is 18.9 Å². The highest BCUT2D eigenvalue weighted by molar-refractivity contribution is 5.22. The molecule has 0 aliphatic heterocycles. The highest BCUT2D eigenvalue weighted by Gasteiger charge is 2.26. The van der Waals surface area contributed by atoms with E-state index in [0.717, 1.165) is 5.56 Å². The van der Waals surface area contributed by atoms with Gasteiger partial charge in [0.15, 0.2) is 0 Å². The molecule has 1 aromatic rings. The fourth-order valence-corrected chi connectivity index (χ4v) is 1.72. The quantitative estimate of drug-likeness (QED) is 0.651. The second-order valence-corrected chi connectivity index (χ2v) is 4.16. The SMILES string of the molecule is CCOCCOCCC(O)(CN)c1ccccc1. The van der Waals surface area contributed by atoms with Crippen molar-refractivity contribution in [2.24, 2.45) is 5.73 Å². The van der Waals surface area contributed by atoms with E-state index in [9.17, 15) is 5.11 Å². The molecule has 0 aliphatic rings. The molecule has 0 fully saturated rings. The van der Waals surface area contributed by atoms with Crippen molar-refractivity contribution in [2.75, 3.05) is 33.0 Å². The number of hydrogen-bond donors (Lipinski definition) is 2. The van der Waals surface area contributed by atoms with Gasteiger partial charge in [0.25, 0.3) is 0 Å². The Morgan fingerprint density at radius 1 is 1.11 bits per heavy atom. The van der Waals surface area contributed by atoms with E-state index in [4.69, 9.17) is 15.2 Å². The Labute approximate surface area is 109 Å². The summed E-state index contributed by atoms with van der Waals surface area (Å²) in [4.78, 5) is 0. The lowest BCUT2D eigenvalue weighted by molar-refractivity contribution is -0.00928. The third-order valence-corrected chi connectivity index (χ3v) is 2.88. The summed E-state index contributed by atoms with van der Waals surface area (Å²) in [5, 5.41) is 10.5. The maximum absolute atomic E-state index is 10.5. The average Bonchev–Trinajstić information content (AvgIpc) is 2.43. The molecule has 4 heteroatoms. The first-order chi connectivity index (χ1) is 8.73. The Morgan fingerprint density at radius 2 is 1.78 bits per heavy atom. The van der Waals surface area contributed by atoms with E-state index in [0.29, 0.717) is 32.8 Å². The maximum Gasteiger partial charge on any atom is 0.104 e. The molecule has 4 nitrogen and oxygen atoms in total. The minimum atomic E-state index is -1.01. The number of aliphatic hydroxyl groups is 1. The number of ether oxygens (including phenoxy) is 2. The van der Waals surface area contributed by atoms with Gasteiger partial charge in [0.2, 0.25) is 0 Å². The van der Waals surface area contributed by atoms with Crippen molar-refractivity contribution in [1.82, 2.24) is 0 Å². The minimum Gasteiger partial charge on any atom is -0.384 e. The van der Waals surface area contributed by atoms with E-state index in [1.165, 1.54) is 0 Å². The molecule has 0 amide bonds. The lowest BCUT2D eigenvalue weighted by atomic mass is 9.91. The van der Waals surface area contributed by atoms with Gasteiger partial charge in [-0.3, -0.25) is 0 Å². The Hall–Kier alpha value is -0.940. The van der Waals surface area contributed by atoms with E-state index >= 15 is 0 Å². The van der Waals surface area contributed by atoms with Gasteiger partial charge in [-0.2, -0.15) is 0 Å². The van der Waals surface area contributed by atoms with Gasteiger partial charge in [-0.05, 0) is 12.5 Å². The first kappa shape index (κ1) is 15.1. The van der Waals surface area contributed by atoms with Crippen LogP contribution in [0.25, 0.3) is 0 Å². The number of benzene rings is 1. The van der Waals surface area contributed by atoms with E-state index < -0.39 is 5.60 Å². The summed E-state index contributed by atoms with van der Waals surface area (Å²) in [6.45, 7) is 4.43. The van der Waals surface area contributed by atoms with Crippen LogP contribution in [0.2, 0.25) is 0 Å². The Bertz CT molecular complexity index is 318. The molecule has 0 saturated carbocycles. The molecule has 0 bridgehead atoms. The largest absolute Gasteiger partial charge is 0.384 e. The smallest absolute Gasteiger partial charge is 0.104 e. The highest BCUT2D eigenvalue weighted by atomic mass is 16.5. The molecule has 1 aromatic carbocycles. The lowest BCUT2D eigenvalue weighted by Crippen LogP contribution is -2.36. The number of rotatable bonds is 9. The minimum absolute atomic E-state index is 0.186. The molecule has 0 aromatic heterocycles. The summed E-state index contributed by atoms with van der Waals surface area (Å²) < 4.78 is 10.6. The first-order valence-electron chi connectivity index (χ1n) is 6.36. The summed E-state index contributed by atoms with van der Waals surface area (Å²) >= 11 is 0. The van der Waals surface area contributed by atoms with Gasteiger partial charge in [-0.1, -0.05) is 30.3 Å². The van der Waals surface area contributed by atoms with Gasteiger partial charge < -0.3 is 20.3 Å². The molecule has 18 heavy (non-hydrogen) atoms. The van der Waals surface area contributed by atoms with Gasteiger partial charge >= 0.3 is 0 Å². The molecular formula is C14H23NO3. The van der Waals surface area contributed by atoms with Crippen LogP contribution in [0.5, 0.6) is 0 Å². The molecule has 1 rings (SSSR count). The number of hydrogen-bond acceptors (Lipinski definition) is 4. The van der Waals surface area contributed by atoms with Crippen LogP contribution in [-0.4, -0.2) is 38.1 Å². The fraction of sp³-hybridized carbons (Fsp3) is 0.571. The Kier molecular flexibility index (Phi) is 6.90. The highest BCUT2D eigenvalue weighted by Crippen LogP contribution is 2.23. The van der Waals surface area contributed by atoms with Crippen molar-refractivity contribution in [3.63, 3.8) is 0 Å². The second-order valence-electron chi connectivity index (χ2n) is 4.16. The van der Waals surface area contributed by atoms with Crippen LogP contribution in [0.4, 0.5) is 0 Å². The molecule has 0 saturated heterocycles. The van der Waals surface area contributed by atoms with Crippen LogP contribution < -0.4 is 5.73 Å². The van der Waals surface area contributed by atoms with Gasteiger partial charge in [-0.15, -0.1) is 0 Å². The predicted octanol–water partition coefficient (Wildman–Crippen LogP) is 1.28. The zero-order chi connectivity index (χ0) is 13.3. The third-order valence-electron chi connectivity index (χ3n) is 2.88. The molecular weight excluding hydrogens is 230 g/mol. The van der Waals surface area contributed by atoms with Crippen LogP contribution in [0.15, 0.2) is 30.3 Å². The van der Waals surface area contributed by atoms with Crippen molar-refractivity contribution < 1.29 is 14.6 Å². The average molecular weight is 253 g/mol. The molecule has 0 radical (unpaired) electrons. The summed E-state index contributed by atoms with van der Waals surface area (Å²) in [6.07, 6.45) is 0.486. The van der Waals surface area contributed by atoms with Gasteiger partial charge in [0.1, 0.15) is 5.60 Å². The fourth-order valence-electron chi connectivity index (χ4n) is 1.72. The summed E-state index contributed by atoms with van der Waals surface area (Å²) in [5.74, 6) is 0. The number of nitrogens with two attached hydrogens (primary N) is 1. The van der Waals surface area contributed by atoms with Crippen LogP contribution in [-0.2, 0) is 15.1 Å². The maximum atomic E-state index is 10.5.